The first-order valence-electron chi connectivity index (χ1n) is 3.74. The van der Waals surface area contributed by atoms with E-state index in [0.29, 0.717) is 0 Å². The fourth-order valence-electron chi connectivity index (χ4n) is 0.795. The number of halogens is 2. The van der Waals surface area contributed by atoms with Gasteiger partial charge >= 0.3 is 0 Å². The maximum atomic E-state index is 9.43. The Morgan fingerprint density at radius 2 is 1.64 bits per heavy atom. The van der Waals surface area contributed by atoms with E-state index in [4.69, 9.17) is 10.2 Å². The molecule has 0 heterocycles. The summed E-state index contributed by atoms with van der Waals surface area (Å²) >= 11 is 5.30. The van der Waals surface area contributed by atoms with Gasteiger partial charge in [-0.2, -0.15) is 0 Å². The van der Waals surface area contributed by atoms with E-state index in [-0.39, 0.29) is 6.61 Å². The van der Waals surface area contributed by atoms with Crippen LogP contribution in [0.2, 0.25) is 0 Å². The molecule has 0 aromatic rings. The molecule has 0 rings (SSSR count). The molecule has 4 atom stereocenters. The lowest BCUT2D eigenvalue weighted by atomic mass is 10.0. The van der Waals surface area contributed by atoms with Crippen LogP contribution in [0.5, 0.6) is 0 Å². The molecule has 0 spiro atoms. The lowest BCUT2D eigenvalue weighted by Gasteiger charge is -2.26. The third-order valence-electron chi connectivity index (χ3n) is 1.65. The van der Waals surface area contributed by atoms with Crippen LogP contribution in [-0.4, -0.2) is 58.1 Å². The minimum absolute atomic E-state index is 0.0401. The molecule has 0 saturated carbocycles. The van der Waals surface area contributed by atoms with Crippen molar-refractivity contribution in [2.45, 2.75) is 24.4 Å². The van der Waals surface area contributed by atoms with Crippen molar-refractivity contribution in [2.75, 3.05) is 13.2 Å². The molecule has 4 N–H and O–H groups in total. The van der Waals surface area contributed by atoms with Gasteiger partial charge in [-0.05, 0) is 0 Å². The van der Waals surface area contributed by atoms with Gasteiger partial charge in [-0.15, -0.1) is 0 Å². The van der Waals surface area contributed by atoms with Crippen LogP contribution >= 0.6 is 32.5 Å². The van der Waals surface area contributed by atoms with Crippen molar-refractivity contribution < 1.29 is 28.1 Å². The monoisotopic (exact) mass is 338 g/mol. The summed E-state index contributed by atoms with van der Waals surface area (Å²) in [5, 5.41) is 36.3. The second kappa shape index (κ2) is 7.94. The predicted molar refractivity (Wildman–Crippen MR) is 53.8 cm³/mol. The Balaban J connectivity index is 4.17. The van der Waals surface area contributed by atoms with Crippen LogP contribution in [0.1, 0.15) is 0 Å². The zero-order chi connectivity index (χ0) is 11.1. The molecule has 0 unspecified atom stereocenters. The van der Waals surface area contributed by atoms with Gasteiger partial charge < -0.3 is 24.3 Å². The van der Waals surface area contributed by atoms with Crippen LogP contribution in [0.15, 0.2) is 0 Å². The van der Waals surface area contributed by atoms with Crippen LogP contribution in [0.4, 0.5) is 0 Å². The number of aliphatic hydroxyl groups is 4. The molecule has 86 valence electrons. The van der Waals surface area contributed by atoms with E-state index in [9.17, 15) is 10.2 Å². The maximum Gasteiger partial charge on any atom is 0.125 e. The van der Waals surface area contributed by atoms with Crippen LogP contribution < -0.4 is 0 Å². The van der Waals surface area contributed by atoms with Gasteiger partial charge in [0.1, 0.15) is 24.4 Å². The van der Waals surface area contributed by atoms with Crippen LogP contribution in [0.3, 0.4) is 0 Å². The van der Waals surface area contributed by atoms with Crippen molar-refractivity contribution in [3.63, 3.8) is 0 Å². The van der Waals surface area contributed by atoms with Crippen molar-refractivity contribution in [1.29, 1.82) is 0 Å². The van der Waals surface area contributed by atoms with E-state index < -0.39 is 31.0 Å². The average molecular weight is 340 g/mol. The van der Waals surface area contributed by atoms with Crippen molar-refractivity contribution >= 4 is 32.5 Å². The van der Waals surface area contributed by atoms with Crippen molar-refractivity contribution in [3.05, 3.63) is 0 Å². The molecule has 0 saturated heterocycles. The summed E-state index contributed by atoms with van der Waals surface area (Å²) in [5.74, 6) is 0. The Kier molecular flexibility index (Phi) is 8.35. The van der Waals surface area contributed by atoms with E-state index >= 15 is 0 Å². The van der Waals surface area contributed by atoms with Gasteiger partial charge in [0.15, 0.2) is 0 Å². The third kappa shape index (κ3) is 4.49. The first kappa shape index (κ1) is 14.7. The normalized spacial score (nSPS) is 20.1. The second-order valence-electron chi connectivity index (χ2n) is 2.63. The standard InChI is InChI=1S/C6H12Br2O6/c7-13-2-4(14-8)6(12)5(11)3(10)1-9/h3-6,9-12H,1-2H2/t3-,4+,5+,6-/m1/s1. The minimum atomic E-state index is -1.51. The van der Waals surface area contributed by atoms with E-state index in [2.05, 4.69) is 40.2 Å². The van der Waals surface area contributed by atoms with Crippen molar-refractivity contribution in [1.82, 2.24) is 0 Å². The largest absolute Gasteiger partial charge is 0.394 e. The van der Waals surface area contributed by atoms with Crippen LogP contribution in [0, 0.1) is 0 Å². The Morgan fingerprint density at radius 3 is 2.00 bits per heavy atom. The molecule has 0 aliphatic heterocycles. The summed E-state index contributed by atoms with van der Waals surface area (Å²) in [6.07, 6.45) is -5.18. The van der Waals surface area contributed by atoms with Gasteiger partial charge in [0.2, 0.25) is 0 Å². The SMILES string of the molecule is OC[C@@H](O)[C@H](O)[C@H](O)[C@H](COBr)OBr. The fraction of sp³-hybridized carbons (Fsp3) is 1.00. The summed E-state index contributed by atoms with van der Waals surface area (Å²) in [5.41, 5.74) is 0. The molecule has 0 aliphatic carbocycles. The molecule has 0 fully saturated rings. The number of hydrogen-bond donors (Lipinski definition) is 4. The van der Waals surface area contributed by atoms with Crippen LogP contribution in [-0.2, 0) is 7.66 Å². The highest BCUT2D eigenvalue weighted by atomic mass is 79.9. The quantitative estimate of drug-likeness (QED) is 0.479. The number of hydrogen-bond acceptors (Lipinski definition) is 6. The molecule has 0 aromatic heterocycles. The van der Waals surface area contributed by atoms with E-state index in [1.807, 2.05) is 0 Å². The Hall–Kier alpha value is 0.720. The minimum Gasteiger partial charge on any atom is -0.394 e. The summed E-state index contributed by atoms with van der Waals surface area (Å²) in [6, 6.07) is 0. The Morgan fingerprint density at radius 1 is 1.07 bits per heavy atom. The Bertz CT molecular complexity index is 146. The molecule has 8 heteroatoms. The van der Waals surface area contributed by atoms with Crippen molar-refractivity contribution in [2.24, 2.45) is 0 Å². The number of rotatable bonds is 7. The lowest BCUT2D eigenvalue weighted by Crippen LogP contribution is -2.47. The molecule has 0 amide bonds. The predicted octanol–water partition coefficient (Wildman–Crippen LogP) is -0.917. The molecule has 6 nitrogen and oxygen atoms in total. The third-order valence-corrected chi connectivity index (χ3v) is 2.40. The maximum absolute atomic E-state index is 9.43. The average Bonchev–Trinajstić information content (AvgIpc) is 2.22. The number of aliphatic hydroxyl groups excluding tert-OH is 4. The Labute approximate surface area is 98.4 Å². The molecular formula is C6H12Br2O6. The molecule has 0 radical (unpaired) electrons. The van der Waals surface area contributed by atoms with E-state index in [1.165, 1.54) is 0 Å². The highest BCUT2D eigenvalue weighted by Crippen LogP contribution is 2.12. The first-order chi connectivity index (χ1) is 6.58. The molecule has 0 aliphatic rings. The summed E-state index contributed by atoms with van der Waals surface area (Å²) in [4.78, 5) is 0. The highest BCUT2D eigenvalue weighted by molar-refractivity contribution is 9.06. The van der Waals surface area contributed by atoms with Gasteiger partial charge in [-0.25, -0.2) is 0 Å². The highest BCUT2D eigenvalue weighted by Gasteiger charge is 2.31. The van der Waals surface area contributed by atoms with Crippen molar-refractivity contribution in [3.8, 4) is 0 Å². The molecule has 14 heavy (non-hydrogen) atoms. The zero-order valence-electron chi connectivity index (χ0n) is 7.08. The summed E-state index contributed by atoms with van der Waals surface area (Å²) < 4.78 is 9.14. The van der Waals surface area contributed by atoms with Gasteiger partial charge in [-0.3, -0.25) is 3.83 Å². The van der Waals surface area contributed by atoms with E-state index in [0.717, 1.165) is 0 Å². The summed E-state index contributed by atoms with van der Waals surface area (Å²) in [6.45, 7) is -0.690. The van der Waals surface area contributed by atoms with Gasteiger partial charge in [0.25, 0.3) is 0 Å². The first-order valence-corrected chi connectivity index (χ1v) is 5.04. The topological polar surface area (TPSA) is 99.4 Å². The molecular weight excluding hydrogens is 328 g/mol. The zero-order valence-corrected chi connectivity index (χ0v) is 10.3. The molecule has 0 aromatic carbocycles. The van der Waals surface area contributed by atoms with E-state index in [1.54, 1.807) is 0 Å². The van der Waals surface area contributed by atoms with Gasteiger partial charge in [-0.1, -0.05) is 0 Å². The fourth-order valence-corrected chi connectivity index (χ4v) is 1.38. The molecule has 0 bridgehead atoms. The van der Waals surface area contributed by atoms with Gasteiger partial charge in [0, 0.05) is 0 Å². The van der Waals surface area contributed by atoms with Crippen LogP contribution in [0.25, 0.3) is 0 Å². The van der Waals surface area contributed by atoms with Gasteiger partial charge in [0.05, 0.1) is 45.7 Å². The lowest BCUT2D eigenvalue weighted by molar-refractivity contribution is -0.109. The second-order valence-corrected chi connectivity index (χ2v) is 3.47. The smallest absolute Gasteiger partial charge is 0.125 e. The summed E-state index contributed by atoms with van der Waals surface area (Å²) in [7, 11) is 0.